The van der Waals surface area contributed by atoms with Gasteiger partial charge in [0.05, 0.1) is 0 Å². The first-order chi connectivity index (χ1) is 13.2. The second kappa shape index (κ2) is 7.67. The van der Waals surface area contributed by atoms with E-state index in [0.717, 1.165) is 31.6 Å². The summed E-state index contributed by atoms with van der Waals surface area (Å²) in [6.45, 7) is 4.04. The van der Waals surface area contributed by atoms with Gasteiger partial charge in [0.15, 0.2) is 0 Å². The molecule has 0 radical (unpaired) electrons. The Labute approximate surface area is 160 Å². The Morgan fingerprint density at radius 2 is 1.63 bits per heavy atom. The fourth-order valence-corrected chi connectivity index (χ4v) is 3.58. The highest BCUT2D eigenvalue weighted by atomic mass is 16.1. The number of hydrogen-bond acceptors (Lipinski definition) is 2. The van der Waals surface area contributed by atoms with Crippen LogP contribution in [0.25, 0.3) is 0 Å². The van der Waals surface area contributed by atoms with Gasteiger partial charge in [0.25, 0.3) is 5.91 Å². The Morgan fingerprint density at radius 1 is 0.926 bits per heavy atom. The van der Waals surface area contributed by atoms with Crippen molar-refractivity contribution < 1.29 is 4.79 Å². The summed E-state index contributed by atoms with van der Waals surface area (Å²) in [4.78, 5) is 14.9. The van der Waals surface area contributed by atoms with E-state index in [9.17, 15) is 4.79 Å². The lowest BCUT2D eigenvalue weighted by atomic mass is 10.1. The first kappa shape index (κ1) is 17.3. The van der Waals surface area contributed by atoms with E-state index >= 15 is 0 Å². The van der Waals surface area contributed by atoms with Crippen molar-refractivity contribution in [2.24, 2.45) is 0 Å². The molecule has 0 bridgehead atoms. The number of carbonyl (C=O) groups excluding carboxylic acids is 1. The number of para-hydroxylation sites is 1. The zero-order valence-electron chi connectivity index (χ0n) is 15.6. The zero-order valence-corrected chi connectivity index (χ0v) is 15.6. The molecule has 0 spiro atoms. The van der Waals surface area contributed by atoms with Gasteiger partial charge in [-0.25, -0.2) is 0 Å². The van der Waals surface area contributed by atoms with Crippen LogP contribution >= 0.6 is 0 Å². The normalized spacial score (nSPS) is 12.7. The summed E-state index contributed by atoms with van der Waals surface area (Å²) in [5, 5.41) is 2.97. The topological polar surface area (TPSA) is 32.3 Å². The summed E-state index contributed by atoms with van der Waals surface area (Å²) in [5.41, 5.74) is 6.74. The van der Waals surface area contributed by atoms with Gasteiger partial charge in [0, 0.05) is 30.0 Å². The maximum atomic E-state index is 12.5. The highest BCUT2D eigenvalue weighted by Gasteiger charge is 2.18. The molecule has 3 aromatic carbocycles. The number of nitrogens with zero attached hydrogens (tertiary/aromatic N) is 1. The second-order valence-electron chi connectivity index (χ2n) is 7.00. The number of carbonyl (C=O) groups is 1. The Hall–Kier alpha value is -3.07. The van der Waals surface area contributed by atoms with Crippen LogP contribution in [0.4, 0.5) is 11.4 Å². The molecule has 27 heavy (non-hydrogen) atoms. The van der Waals surface area contributed by atoms with E-state index in [4.69, 9.17) is 0 Å². The first-order valence-corrected chi connectivity index (χ1v) is 9.55. The molecule has 136 valence electrons. The SMILES string of the molecule is CCc1ccc(NC(=O)c2ccc(CN3CCc4ccccc43)cc2)cc1. The van der Waals surface area contributed by atoms with Gasteiger partial charge in [-0.3, -0.25) is 4.79 Å². The van der Waals surface area contributed by atoms with Gasteiger partial charge in [-0.2, -0.15) is 0 Å². The molecule has 0 saturated heterocycles. The number of amides is 1. The molecule has 1 N–H and O–H groups in total. The standard InChI is InChI=1S/C24H24N2O/c1-2-18-9-13-22(14-10-18)25-24(27)21-11-7-19(8-12-21)17-26-16-15-20-5-3-4-6-23(20)26/h3-14H,2,15-17H2,1H3,(H,25,27). The van der Waals surface area contributed by atoms with Crippen LogP contribution in [0.2, 0.25) is 0 Å². The van der Waals surface area contributed by atoms with Gasteiger partial charge >= 0.3 is 0 Å². The number of anilines is 2. The molecule has 0 atom stereocenters. The van der Waals surface area contributed by atoms with E-state index < -0.39 is 0 Å². The highest BCUT2D eigenvalue weighted by Crippen LogP contribution is 2.28. The molecule has 3 aromatic rings. The molecule has 0 saturated carbocycles. The highest BCUT2D eigenvalue weighted by molar-refractivity contribution is 6.04. The van der Waals surface area contributed by atoms with Crippen LogP contribution in [0, 0.1) is 0 Å². The molecule has 0 fully saturated rings. The van der Waals surface area contributed by atoms with Crippen molar-refractivity contribution >= 4 is 17.3 Å². The van der Waals surface area contributed by atoms with Gasteiger partial charge in [0.1, 0.15) is 0 Å². The molecule has 1 amide bonds. The van der Waals surface area contributed by atoms with Crippen LogP contribution in [-0.2, 0) is 19.4 Å². The number of hydrogen-bond donors (Lipinski definition) is 1. The van der Waals surface area contributed by atoms with Crippen LogP contribution in [0.15, 0.2) is 72.8 Å². The fourth-order valence-electron chi connectivity index (χ4n) is 3.58. The average Bonchev–Trinajstić information content (AvgIpc) is 3.12. The number of fused-ring (bicyclic) bond motifs is 1. The summed E-state index contributed by atoms with van der Waals surface area (Å²) < 4.78 is 0. The van der Waals surface area contributed by atoms with Crippen molar-refractivity contribution in [2.75, 3.05) is 16.8 Å². The average molecular weight is 356 g/mol. The molecular formula is C24H24N2O. The van der Waals surface area contributed by atoms with Gasteiger partial charge in [-0.15, -0.1) is 0 Å². The quantitative estimate of drug-likeness (QED) is 0.693. The minimum Gasteiger partial charge on any atom is -0.367 e. The molecule has 0 aromatic heterocycles. The largest absolute Gasteiger partial charge is 0.367 e. The summed E-state index contributed by atoms with van der Waals surface area (Å²) >= 11 is 0. The molecule has 1 aliphatic heterocycles. The number of nitrogens with one attached hydrogen (secondary N) is 1. The maximum Gasteiger partial charge on any atom is 0.255 e. The predicted molar refractivity (Wildman–Crippen MR) is 111 cm³/mol. The summed E-state index contributed by atoms with van der Waals surface area (Å²) in [7, 11) is 0. The molecular weight excluding hydrogens is 332 g/mol. The molecule has 1 heterocycles. The Kier molecular flexibility index (Phi) is 4.93. The second-order valence-corrected chi connectivity index (χ2v) is 7.00. The summed E-state index contributed by atoms with van der Waals surface area (Å²) in [5.74, 6) is -0.0719. The first-order valence-electron chi connectivity index (χ1n) is 9.55. The Bertz CT molecular complexity index is 929. The lowest BCUT2D eigenvalue weighted by molar-refractivity contribution is 0.102. The third-order valence-electron chi connectivity index (χ3n) is 5.19. The van der Waals surface area contributed by atoms with Crippen molar-refractivity contribution in [3.63, 3.8) is 0 Å². The number of rotatable bonds is 5. The number of benzene rings is 3. The smallest absolute Gasteiger partial charge is 0.255 e. The van der Waals surface area contributed by atoms with Gasteiger partial charge in [-0.1, -0.05) is 49.4 Å². The molecule has 1 aliphatic rings. The lowest BCUT2D eigenvalue weighted by Crippen LogP contribution is -2.19. The number of aryl methyl sites for hydroxylation is 1. The van der Waals surface area contributed by atoms with E-state index in [0.29, 0.717) is 5.56 Å². The van der Waals surface area contributed by atoms with E-state index in [1.165, 1.54) is 22.4 Å². The van der Waals surface area contributed by atoms with Crippen molar-refractivity contribution in [1.29, 1.82) is 0 Å². The van der Waals surface area contributed by atoms with E-state index in [1.54, 1.807) is 0 Å². The molecule has 3 nitrogen and oxygen atoms in total. The van der Waals surface area contributed by atoms with Gasteiger partial charge in [-0.05, 0) is 59.9 Å². The van der Waals surface area contributed by atoms with Crippen LogP contribution in [0.1, 0.15) is 34.0 Å². The van der Waals surface area contributed by atoms with E-state index in [-0.39, 0.29) is 5.91 Å². The lowest BCUT2D eigenvalue weighted by Gasteiger charge is -2.19. The third-order valence-corrected chi connectivity index (χ3v) is 5.19. The summed E-state index contributed by atoms with van der Waals surface area (Å²) in [6, 6.07) is 24.5. The minimum atomic E-state index is -0.0719. The van der Waals surface area contributed by atoms with E-state index in [2.05, 4.69) is 53.5 Å². The van der Waals surface area contributed by atoms with Crippen LogP contribution in [0.3, 0.4) is 0 Å². The van der Waals surface area contributed by atoms with Gasteiger partial charge < -0.3 is 10.2 Å². The Balaban J connectivity index is 1.40. The van der Waals surface area contributed by atoms with Crippen LogP contribution < -0.4 is 10.2 Å². The van der Waals surface area contributed by atoms with Crippen molar-refractivity contribution in [3.8, 4) is 0 Å². The maximum absolute atomic E-state index is 12.5. The van der Waals surface area contributed by atoms with E-state index in [1.807, 2.05) is 36.4 Å². The third kappa shape index (κ3) is 3.87. The predicted octanol–water partition coefficient (Wildman–Crippen LogP) is 5.06. The van der Waals surface area contributed by atoms with Crippen molar-refractivity contribution in [1.82, 2.24) is 0 Å². The van der Waals surface area contributed by atoms with Crippen molar-refractivity contribution in [3.05, 3.63) is 95.1 Å². The summed E-state index contributed by atoms with van der Waals surface area (Å²) in [6.07, 6.45) is 2.10. The molecule has 4 rings (SSSR count). The molecule has 0 unspecified atom stereocenters. The molecule has 3 heteroatoms. The zero-order chi connectivity index (χ0) is 18.6. The minimum absolute atomic E-state index is 0.0719. The van der Waals surface area contributed by atoms with Crippen molar-refractivity contribution in [2.45, 2.75) is 26.3 Å². The molecule has 0 aliphatic carbocycles. The fraction of sp³-hybridized carbons (Fsp3) is 0.208. The Morgan fingerprint density at radius 3 is 2.37 bits per heavy atom. The van der Waals surface area contributed by atoms with Crippen LogP contribution in [-0.4, -0.2) is 12.5 Å². The van der Waals surface area contributed by atoms with Gasteiger partial charge in [0.2, 0.25) is 0 Å². The monoisotopic (exact) mass is 356 g/mol. The van der Waals surface area contributed by atoms with Crippen LogP contribution in [0.5, 0.6) is 0 Å².